The van der Waals surface area contributed by atoms with Gasteiger partial charge in [-0.05, 0) is 61.7 Å². The molecule has 1 fully saturated rings. The third kappa shape index (κ3) is 5.23. The molecule has 2 N–H and O–H groups in total. The van der Waals surface area contributed by atoms with Crippen LogP contribution in [-0.4, -0.2) is 44.2 Å². The summed E-state index contributed by atoms with van der Waals surface area (Å²) in [6, 6.07) is 15.9. The number of nitrogens with one attached hydrogen (secondary N) is 2. The number of benzene rings is 2. The van der Waals surface area contributed by atoms with E-state index in [1.807, 2.05) is 36.4 Å². The Morgan fingerprint density at radius 1 is 1.08 bits per heavy atom. The van der Waals surface area contributed by atoms with Crippen LogP contribution in [0.3, 0.4) is 0 Å². The second-order valence-electron chi connectivity index (χ2n) is 6.58. The maximum Gasteiger partial charge on any atom is 0.318 e. The van der Waals surface area contributed by atoms with Crippen molar-refractivity contribution in [1.29, 1.82) is 0 Å². The first kappa shape index (κ1) is 18.3. The number of nitrogens with zero attached hydrogens (tertiary/aromatic N) is 1. The summed E-state index contributed by atoms with van der Waals surface area (Å²) >= 11 is 0. The molecule has 0 spiro atoms. The van der Waals surface area contributed by atoms with Gasteiger partial charge >= 0.3 is 6.03 Å². The van der Waals surface area contributed by atoms with E-state index in [1.165, 1.54) is 31.5 Å². The zero-order valence-electron chi connectivity index (χ0n) is 15.3. The molecule has 0 atom stereocenters. The number of hydrogen-bond donors (Lipinski definition) is 2. The topological polar surface area (TPSA) is 53.6 Å². The van der Waals surface area contributed by atoms with Crippen LogP contribution in [0.15, 0.2) is 48.5 Å². The van der Waals surface area contributed by atoms with E-state index < -0.39 is 0 Å². The number of carbonyl (C=O) groups excluding carboxylic acids is 1. The molecular weight excluding hydrogens is 326 g/mol. The van der Waals surface area contributed by atoms with E-state index in [-0.39, 0.29) is 6.03 Å². The van der Waals surface area contributed by atoms with Crippen LogP contribution in [0.4, 0.5) is 10.5 Å². The first-order valence-electron chi connectivity index (χ1n) is 9.25. The molecule has 0 aromatic heterocycles. The molecule has 0 bridgehead atoms. The summed E-state index contributed by atoms with van der Waals surface area (Å²) in [5.41, 5.74) is 3.10. The summed E-state index contributed by atoms with van der Waals surface area (Å²) < 4.78 is 5.86. The molecule has 1 heterocycles. The lowest BCUT2D eigenvalue weighted by Gasteiger charge is -2.15. The number of para-hydroxylation sites is 1. The summed E-state index contributed by atoms with van der Waals surface area (Å²) in [6.45, 7) is 4.14. The fourth-order valence-corrected chi connectivity index (χ4v) is 3.20. The number of rotatable bonds is 7. The van der Waals surface area contributed by atoms with Crippen molar-refractivity contribution in [2.24, 2.45) is 0 Å². The Morgan fingerprint density at radius 3 is 2.54 bits per heavy atom. The van der Waals surface area contributed by atoms with Crippen LogP contribution < -0.4 is 15.4 Å². The molecule has 0 saturated carbocycles. The van der Waals surface area contributed by atoms with E-state index in [0.717, 1.165) is 36.6 Å². The first-order chi connectivity index (χ1) is 12.7. The van der Waals surface area contributed by atoms with E-state index in [1.54, 1.807) is 7.05 Å². The van der Waals surface area contributed by atoms with Crippen molar-refractivity contribution in [3.63, 3.8) is 0 Å². The Morgan fingerprint density at radius 2 is 1.81 bits per heavy atom. The van der Waals surface area contributed by atoms with Crippen LogP contribution in [0.25, 0.3) is 0 Å². The van der Waals surface area contributed by atoms with Gasteiger partial charge in [0.2, 0.25) is 0 Å². The van der Waals surface area contributed by atoms with Crippen molar-refractivity contribution in [2.45, 2.75) is 19.3 Å². The van der Waals surface area contributed by atoms with E-state index in [2.05, 4.69) is 27.7 Å². The maximum atomic E-state index is 11.6. The van der Waals surface area contributed by atoms with Crippen molar-refractivity contribution in [3.8, 4) is 5.75 Å². The molecule has 5 heteroatoms. The molecule has 0 unspecified atom stereocenters. The molecule has 2 amide bonds. The summed E-state index contributed by atoms with van der Waals surface area (Å²) in [5, 5.41) is 5.45. The van der Waals surface area contributed by atoms with Crippen molar-refractivity contribution < 1.29 is 9.53 Å². The third-order valence-corrected chi connectivity index (χ3v) is 4.69. The predicted octanol–water partition coefficient (Wildman–Crippen LogP) is 3.50. The van der Waals surface area contributed by atoms with Gasteiger partial charge in [0.1, 0.15) is 12.4 Å². The minimum absolute atomic E-state index is 0.209. The molecule has 3 rings (SSSR count). The number of likely N-dealkylation sites (tertiary alicyclic amines) is 1. The summed E-state index contributed by atoms with van der Waals surface area (Å²) in [6.07, 6.45) is 3.38. The summed E-state index contributed by atoms with van der Waals surface area (Å²) in [5.74, 6) is 0.907. The van der Waals surface area contributed by atoms with E-state index >= 15 is 0 Å². The highest BCUT2D eigenvalue weighted by Gasteiger charge is 2.11. The van der Waals surface area contributed by atoms with Gasteiger partial charge in [-0.3, -0.25) is 4.90 Å². The van der Waals surface area contributed by atoms with Gasteiger partial charge in [0.05, 0.1) is 0 Å². The van der Waals surface area contributed by atoms with Crippen LogP contribution in [-0.2, 0) is 6.42 Å². The van der Waals surface area contributed by atoms with Gasteiger partial charge in [-0.15, -0.1) is 0 Å². The molecule has 2 aromatic rings. The molecular formula is C21H27N3O2. The smallest absolute Gasteiger partial charge is 0.318 e. The highest BCUT2D eigenvalue weighted by Crippen LogP contribution is 2.21. The number of hydrogen-bond acceptors (Lipinski definition) is 3. The second-order valence-corrected chi connectivity index (χ2v) is 6.58. The van der Waals surface area contributed by atoms with Gasteiger partial charge < -0.3 is 15.4 Å². The Bertz CT molecular complexity index is 709. The summed E-state index contributed by atoms with van der Waals surface area (Å²) in [4.78, 5) is 14.0. The van der Waals surface area contributed by atoms with Crippen molar-refractivity contribution >= 4 is 11.7 Å². The van der Waals surface area contributed by atoms with Crippen LogP contribution in [0.5, 0.6) is 5.75 Å². The standard InChI is InChI=1S/C21H27N3O2/c1-22-21(25)23-20-7-3-2-6-18(20)16-17-8-10-19(11-9-17)26-15-14-24-12-4-5-13-24/h2-3,6-11H,4-5,12-16H2,1H3,(H2,22,23,25). The number of anilines is 1. The normalized spacial score (nSPS) is 14.2. The average Bonchev–Trinajstić information content (AvgIpc) is 3.18. The van der Waals surface area contributed by atoms with Crippen molar-refractivity contribution in [3.05, 3.63) is 59.7 Å². The Balaban J connectivity index is 1.54. The van der Waals surface area contributed by atoms with E-state index in [4.69, 9.17) is 4.74 Å². The minimum atomic E-state index is -0.209. The lowest BCUT2D eigenvalue weighted by molar-refractivity contribution is 0.238. The highest BCUT2D eigenvalue weighted by atomic mass is 16.5. The maximum absolute atomic E-state index is 11.6. The first-order valence-corrected chi connectivity index (χ1v) is 9.25. The van der Waals surface area contributed by atoms with Gasteiger partial charge in [-0.1, -0.05) is 30.3 Å². The molecule has 5 nitrogen and oxygen atoms in total. The quantitative estimate of drug-likeness (QED) is 0.801. The van der Waals surface area contributed by atoms with Crippen LogP contribution >= 0.6 is 0 Å². The van der Waals surface area contributed by atoms with E-state index in [9.17, 15) is 4.79 Å². The molecule has 0 radical (unpaired) electrons. The fourth-order valence-electron chi connectivity index (χ4n) is 3.20. The molecule has 0 aliphatic carbocycles. The van der Waals surface area contributed by atoms with Crippen LogP contribution in [0.2, 0.25) is 0 Å². The lowest BCUT2D eigenvalue weighted by atomic mass is 10.0. The second kappa shape index (κ2) is 9.25. The molecule has 2 aromatic carbocycles. The van der Waals surface area contributed by atoms with Gasteiger partial charge in [0, 0.05) is 19.3 Å². The largest absolute Gasteiger partial charge is 0.492 e. The Hall–Kier alpha value is -2.53. The van der Waals surface area contributed by atoms with Gasteiger partial charge in [0.15, 0.2) is 0 Å². The molecule has 1 saturated heterocycles. The number of amides is 2. The zero-order chi connectivity index (χ0) is 18.2. The number of ether oxygens (including phenoxy) is 1. The van der Waals surface area contributed by atoms with E-state index in [0.29, 0.717) is 0 Å². The average molecular weight is 353 g/mol. The van der Waals surface area contributed by atoms with Gasteiger partial charge in [-0.25, -0.2) is 4.79 Å². The number of urea groups is 1. The highest BCUT2D eigenvalue weighted by molar-refractivity contribution is 5.89. The fraction of sp³-hybridized carbons (Fsp3) is 0.381. The molecule has 1 aliphatic rings. The Kier molecular flexibility index (Phi) is 6.50. The zero-order valence-corrected chi connectivity index (χ0v) is 15.3. The molecule has 26 heavy (non-hydrogen) atoms. The minimum Gasteiger partial charge on any atom is -0.492 e. The molecule has 138 valence electrons. The lowest BCUT2D eigenvalue weighted by Crippen LogP contribution is -2.25. The van der Waals surface area contributed by atoms with Gasteiger partial charge in [-0.2, -0.15) is 0 Å². The van der Waals surface area contributed by atoms with Crippen molar-refractivity contribution in [1.82, 2.24) is 10.2 Å². The SMILES string of the molecule is CNC(=O)Nc1ccccc1Cc1ccc(OCCN2CCCC2)cc1. The number of carbonyl (C=O) groups is 1. The van der Waals surface area contributed by atoms with Crippen molar-refractivity contribution in [2.75, 3.05) is 38.6 Å². The molecule has 1 aliphatic heterocycles. The Labute approximate surface area is 155 Å². The third-order valence-electron chi connectivity index (χ3n) is 4.69. The van der Waals surface area contributed by atoms with Crippen LogP contribution in [0, 0.1) is 0 Å². The summed E-state index contributed by atoms with van der Waals surface area (Å²) in [7, 11) is 1.61. The predicted molar refractivity (Wildman–Crippen MR) is 105 cm³/mol. The van der Waals surface area contributed by atoms with Gasteiger partial charge in [0.25, 0.3) is 0 Å². The van der Waals surface area contributed by atoms with Crippen LogP contribution in [0.1, 0.15) is 24.0 Å². The monoisotopic (exact) mass is 353 g/mol.